The summed E-state index contributed by atoms with van der Waals surface area (Å²) >= 11 is 0. The smallest absolute Gasteiger partial charge is 0.488 e. The highest BCUT2D eigenvalue weighted by Crippen LogP contribution is 2.37. The van der Waals surface area contributed by atoms with Crippen LogP contribution in [0, 0.1) is 6.92 Å². The minimum atomic E-state index is -5.06. The molecule has 0 radical (unpaired) electrons. The van der Waals surface area contributed by atoms with Gasteiger partial charge < -0.3 is 14.2 Å². The lowest BCUT2D eigenvalue weighted by Gasteiger charge is -2.19. The van der Waals surface area contributed by atoms with Gasteiger partial charge >= 0.3 is 12.3 Å². The number of para-hydroxylation sites is 1. The molecule has 0 unspecified atom stereocenters. The molecule has 0 aromatic heterocycles. The number of alkyl halides is 3. The monoisotopic (exact) mass is 430 g/mol. The Balaban J connectivity index is 2.05. The molecule has 5 nitrogen and oxygen atoms in total. The summed E-state index contributed by atoms with van der Waals surface area (Å²) in [5.74, 6) is -1.64. The van der Waals surface area contributed by atoms with Crippen molar-refractivity contribution in [3.05, 3.63) is 89.0 Å². The number of ether oxygens (including phenoxy) is 3. The maximum atomic E-state index is 12.9. The first-order valence-corrected chi connectivity index (χ1v) is 9.11. The van der Waals surface area contributed by atoms with E-state index in [1.165, 1.54) is 19.1 Å². The van der Waals surface area contributed by atoms with Crippen LogP contribution in [0.1, 0.15) is 31.8 Å². The average molecular weight is 430 g/mol. The Morgan fingerprint density at radius 3 is 2.19 bits per heavy atom. The fourth-order valence-corrected chi connectivity index (χ4v) is 2.88. The molecule has 0 heterocycles. The molecule has 0 fully saturated rings. The summed E-state index contributed by atoms with van der Waals surface area (Å²) in [6, 6.07) is 18.0. The van der Waals surface area contributed by atoms with Crippen molar-refractivity contribution in [1.82, 2.24) is 0 Å². The van der Waals surface area contributed by atoms with Gasteiger partial charge in [0.1, 0.15) is 29.4 Å². The Hall–Kier alpha value is -3.81. The summed E-state index contributed by atoms with van der Waals surface area (Å²) in [5, 5.41) is 0. The molecule has 31 heavy (non-hydrogen) atoms. The predicted molar refractivity (Wildman–Crippen MR) is 105 cm³/mol. The molecule has 0 aliphatic carbocycles. The lowest BCUT2D eigenvalue weighted by molar-refractivity contribution is -0.274. The van der Waals surface area contributed by atoms with E-state index in [4.69, 9.17) is 9.47 Å². The van der Waals surface area contributed by atoms with Crippen LogP contribution in [0.2, 0.25) is 0 Å². The first kappa shape index (κ1) is 21.9. The zero-order chi connectivity index (χ0) is 22.4. The molecule has 160 valence electrons. The highest BCUT2D eigenvalue weighted by molar-refractivity contribution is 5.98. The highest BCUT2D eigenvalue weighted by atomic mass is 19.4. The molecule has 0 bridgehead atoms. The van der Waals surface area contributed by atoms with E-state index in [-0.39, 0.29) is 35.5 Å². The van der Waals surface area contributed by atoms with Crippen LogP contribution < -0.4 is 14.2 Å². The second-order valence-electron chi connectivity index (χ2n) is 6.44. The van der Waals surface area contributed by atoms with Gasteiger partial charge in [0.2, 0.25) is 0 Å². The molecule has 0 aliphatic heterocycles. The normalized spacial score (nSPS) is 11.0. The number of halogens is 3. The van der Waals surface area contributed by atoms with Crippen molar-refractivity contribution in [2.75, 3.05) is 0 Å². The van der Waals surface area contributed by atoms with Crippen LogP contribution in [0.25, 0.3) is 0 Å². The summed E-state index contributed by atoms with van der Waals surface area (Å²) < 4.78 is 53.7. The molecular weight excluding hydrogens is 413 g/mol. The third-order valence-corrected chi connectivity index (χ3v) is 4.25. The second kappa shape index (κ2) is 9.34. The van der Waals surface area contributed by atoms with Crippen LogP contribution in [0.4, 0.5) is 13.2 Å². The molecule has 8 heteroatoms. The topological polar surface area (TPSA) is 61.8 Å². The van der Waals surface area contributed by atoms with Crippen molar-refractivity contribution in [3.8, 4) is 17.2 Å². The summed E-state index contributed by atoms with van der Waals surface area (Å²) in [6.45, 7) is 1.24. The van der Waals surface area contributed by atoms with E-state index in [0.717, 1.165) is 11.6 Å². The van der Waals surface area contributed by atoms with Crippen molar-refractivity contribution in [2.45, 2.75) is 19.9 Å². The molecule has 0 spiro atoms. The van der Waals surface area contributed by atoms with E-state index in [2.05, 4.69) is 4.74 Å². The van der Waals surface area contributed by atoms with Gasteiger partial charge in [-0.1, -0.05) is 48.5 Å². The van der Waals surface area contributed by atoms with Gasteiger partial charge in [0.05, 0.1) is 5.56 Å². The van der Waals surface area contributed by atoms with E-state index in [1.54, 1.807) is 42.5 Å². The SMILES string of the molecule is Cc1c(OC(F)(F)F)c(C=O)cc(OCc2ccccc2)c1C(=O)Oc1ccccc1. The van der Waals surface area contributed by atoms with Crippen molar-refractivity contribution < 1.29 is 37.0 Å². The zero-order valence-electron chi connectivity index (χ0n) is 16.3. The summed E-state index contributed by atoms with van der Waals surface area (Å²) in [4.78, 5) is 24.3. The summed E-state index contributed by atoms with van der Waals surface area (Å²) in [5.41, 5.74) is -0.157. The fourth-order valence-electron chi connectivity index (χ4n) is 2.88. The number of hydrogen-bond acceptors (Lipinski definition) is 5. The van der Waals surface area contributed by atoms with Crippen LogP contribution in [-0.4, -0.2) is 18.6 Å². The van der Waals surface area contributed by atoms with Gasteiger partial charge in [-0.3, -0.25) is 4.79 Å². The van der Waals surface area contributed by atoms with Crippen molar-refractivity contribution in [3.63, 3.8) is 0 Å². The Labute approximate surface area is 176 Å². The number of rotatable bonds is 7. The van der Waals surface area contributed by atoms with Gasteiger partial charge in [-0.25, -0.2) is 4.79 Å². The third-order valence-electron chi connectivity index (χ3n) is 4.25. The number of aldehydes is 1. The molecule has 0 atom stereocenters. The molecule has 0 amide bonds. The minimum absolute atomic E-state index is 0.0175. The van der Waals surface area contributed by atoms with Crippen LogP contribution >= 0.6 is 0 Å². The van der Waals surface area contributed by atoms with Crippen LogP contribution in [0.3, 0.4) is 0 Å². The van der Waals surface area contributed by atoms with Gasteiger partial charge in [-0.2, -0.15) is 0 Å². The Morgan fingerprint density at radius 2 is 1.61 bits per heavy atom. The highest BCUT2D eigenvalue weighted by Gasteiger charge is 2.35. The van der Waals surface area contributed by atoms with Crippen molar-refractivity contribution in [1.29, 1.82) is 0 Å². The van der Waals surface area contributed by atoms with Gasteiger partial charge in [0, 0.05) is 5.56 Å². The van der Waals surface area contributed by atoms with Crippen LogP contribution in [-0.2, 0) is 6.61 Å². The maximum Gasteiger partial charge on any atom is 0.573 e. The number of esters is 1. The minimum Gasteiger partial charge on any atom is -0.488 e. The molecule has 0 saturated carbocycles. The molecular formula is C23H17F3O5. The first-order chi connectivity index (χ1) is 14.8. The van der Waals surface area contributed by atoms with Gasteiger partial charge in [0.15, 0.2) is 6.29 Å². The van der Waals surface area contributed by atoms with Crippen LogP contribution in [0.5, 0.6) is 17.2 Å². The second-order valence-corrected chi connectivity index (χ2v) is 6.44. The third kappa shape index (κ3) is 5.63. The van der Waals surface area contributed by atoms with E-state index in [9.17, 15) is 22.8 Å². The average Bonchev–Trinajstić information content (AvgIpc) is 2.74. The lowest BCUT2D eigenvalue weighted by atomic mass is 10.0. The zero-order valence-corrected chi connectivity index (χ0v) is 16.3. The van der Waals surface area contributed by atoms with Gasteiger partial charge in [0.25, 0.3) is 0 Å². The number of benzene rings is 3. The largest absolute Gasteiger partial charge is 0.573 e. The van der Waals surface area contributed by atoms with Crippen molar-refractivity contribution >= 4 is 12.3 Å². The lowest BCUT2D eigenvalue weighted by Crippen LogP contribution is -2.21. The van der Waals surface area contributed by atoms with Crippen molar-refractivity contribution in [2.24, 2.45) is 0 Å². The van der Waals surface area contributed by atoms with Crippen LogP contribution in [0.15, 0.2) is 66.7 Å². The molecule has 3 aromatic rings. The Bertz CT molecular complexity index is 1060. The molecule has 3 aromatic carbocycles. The molecule has 3 rings (SSSR count). The number of carbonyl (C=O) groups is 2. The first-order valence-electron chi connectivity index (χ1n) is 9.11. The maximum absolute atomic E-state index is 12.9. The van der Waals surface area contributed by atoms with E-state index in [0.29, 0.717) is 0 Å². The molecule has 0 saturated heterocycles. The quantitative estimate of drug-likeness (QED) is 0.281. The van der Waals surface area contributed by atoms with Gasteiger partial charge in [-0.05, 0) is 30.7 Å². The van der Waals surface area contributed by atoms with Gasteiger partial charge in [-0.15, -0.1) is 13.2 Å². The summed E-state index contributed by atoms with van der Waals surface area (Å²) in [7, 11) is 0. The number of carbonyl (C=O) groups excluding carboxylic acids is 2. The Kier molecular flexibility index (Phi) is 6.59. The van der Waals surface area contributed by atoms with E-state index in [1.807, 2.05) is 6.07 Å². The molecule has 0 N–H and O–H groups in total. The molecule has 0 aliphatic rings. The predicted octanol–water partition coefficient (Wildman–Crippen LogP) is 5.50. The fraction of sp³-hybridized carbons (Fsp3) is 0.130. The summed E-state index contributed by atoms with van der Waals surface area (Å²) in [6.07, 6.45) is -4.86. The number of hydrogen-bond donors (Lipinski definition) is 0. The Morgan fingerprint density at radius 1 is 1.00 bits per heavy atom. The standard InChI is InChI=1S/C23H17F3O5/c1-15-20(22(28)30-18-10-6-3-7-11-18)19(29-14-16-8-4-2-5-9-16)12-17(13-27)21(15)31-23(24,25)26/h2-13H,14H2,1H3. The van der Waals surface area contributed by atoms with E-state index >= 15 is 0 Å². The van der Waals surface area contributed by atoms with E-state index < -0.39 is 23.6 Å².